The van der Waals surface area contributed by atoms with Gasteiger partial charge >= 0.3 is 11.9 Å². The fourth-order valence-electron chi connectivity index (χ4n) is 1.37. The normalized spacial score (nSPS) is 10.8. The summed E-state index contributed by atoms with van der Waals surface area (Å²) in [6.45, 7) is -0.446. The molecule has 0 radical (unpaired) electrons. The summed E-state index contributed by atoms with van der Waals surface area (Å²) in [6.07, 6.45) is 1.44. The molecule has 0 aliphatic rings. The molecular formula is C12H12FmNO6-. The van der Waals surface area contributed by atoms with E-state index in [4.69, 9.17) is 14.9 Å². The van der Waals surface area contributed by atoms with E-state index < -0.39 is 24.6 Å². The summed E-state index contributed by atoms with van der Waals surface area (Å²) in [7, 11) is 0. The number of aliphatic carboxylic acids is 2. The molecule has 0 aromatic heterocycles. The van der Waals surface area contributed by atoms with Crippen LogP contribution in [0.25, 0.3) is 0 Å². The van der Waals surface area contributed by atoms with Crippen LogP contribution in [-0.4, -0.2) is 41.2 Å². The van der Waals surface area contributed by atoms with Crippen LogP contribution in [0.1, 0.15) is 5.56 Å². The van der Waals surface area contributed by atoms with Gasteiger partial charge in [-0.25, -0.2) is 4.79 Å². The van der Waals surface area contributed by atoms with Gasteiger partial charge in [-0.1, -0.05) is 12.1 Å². The van der Waals surface area contributed by atoms with Gasteiger partial charge in [0.05, 0.1) is 0 Å². The molecule has 20 heavy (non-hydrogen) atoms. The Labute approximate surface area is 108 Å². The molecule has 0 spiro atoms. The number of hydrogen-bond acceptors (Lipinski definition) is 4. The van der Waals surface area contributed by atoms with Crippen molar-refractivity contribution in [3.05, 3.63) is 29.8 Å². The van der Waals surface area contributed by atoms with Crippen LogP contribution in [0, 0.1) is 0 Å². The molecule has 0 saturated carbocycles. The van der Waals surface area contributed by atoms with Gasteiger partial charge in [-0.2, -0.15) is 6.41 Å². The molecule has 0 aliphatic heterocycles. The standard InChI is InChI=1S/C12H12NO6.Fm/c14-7-13-10(12(17)18)5-8-1-3-9(4-2-8)19-6-11(15)16;/h1-4,10H,5-6H2,(H,13,14)(H,15,16)(H,17,18);/q-1;. The van der Waals surface area contributed by atoms with Crippen LogP contribution in [0.2, 0.25) is 0 Å². The quantitative estimate of drug-likeness (QED) is 0.322. The molecule has 1 atom stereocenters. The molecule has 7 nitrogen and oxygen atoms in total. The first-order valence-electron chi connectivity index (χ1n) is 5.32. The van der Waals surface area contributed by atoms with E-state index in [2.05, 4.69) is 5.32 Å². The van der Waals surface area contributed by atoms with E-state index in [-0.39, 0.29) is 6.42 Å². The summed E-state index contributed by atoms with van der Waals surface area (Å²) in [5, 5.41) is 19.3. The third-order valence-corrected chi connectivity index (χ3v) is 2.26. The maximum atomic E-state index is 10.8. The van der Waals surface area contributed by atoms with E-state index in [1.54, 1.807) is 12.1 Å². The number of carbonyl (C=O) groups is 2. The van der Waals surface area contributed by atoms with Gasteiger partial charge in [-0.05, 0) is 17.7 Å². The fourth-order valence-corrected chi connectivity index (χ4v) is 1.37. The van der Waals surface area contributed by atoms with Crippen molar-refractivity contribution in [3.63, 3.8) is 0 Å². The van der Waals surface area contributed by atoms with E-state index in [0.717, 1.165) is 0 Å². The number of carboxylic acid groups (broad SMARTS) is 2. The van der Waals surface area contributed by atoms with Crippen molar-refractivity contribution >= 4 is 18.3 Å². The number of carbonyl (C=O) groups excluding carboxylic acids is 1. The number of benzene rings is 1. The minimum atomic E-state index is -1.16. The molecule has 3 N–H and O–H groups in total. The maximum absolute atomic E-state index is 10.8. The van der Waals surface area contributed by atoms with Gasteiger partial charge in [-0.3, -0.25) is 4.79 Å². The maximum Gasteiger partial charge on any atom is 0.341 e. The molecule has 8 heteroatoms. The Bertz CT molecular complexity index is 462. The third kappa shape index (κ3) is 5.17. The third-order valence-electron chi connectivity index (χ3n) is 2.26. The average molecular weight is 523 g/mol. The first-order chi connectivity index (χ1) is 9.02. The van der Waals surface area contributed by atoms with Gasteiger partial charge in [0.25, 0.3) is 0 Å². The Morgan fingerprint density at radius 3 is 2.30 bits per heavy atom. The molecular weight excluding hydrogens is 511 g/mol. The zero-order chi connectivity index (χ0) is 14.3. The summed E-state index contributed by atoms with van der Waals surface area (Å²) in [5.74, 6) is -1.87. The Kier molecular flexibility index (Phi) is 6.32. The second-order valence-corrected chi connectivity index (χ2v) is 3.67. The van der Waals surface area contributed by atoms with Crippen molar-refractivity contribution in [1.29, 1.82) is 0 Å². The van der Waals surface area contributed by atoms with E-state index in [9.17, 15) is 14.4 Å². The fraction of sp³-hybridized carbons (Fsp3) is 0.250. The Morgan fingerprint density at radius 1 is 1.25 bits per heavy atom. The summed E-state index contributed by atoms with van der Waals surface area (Å²) < 4.78 is 4.93. The van der Waals surface area contributed by atoms with Crippen molar-refractivity contribution < 1.29 is 29.3 Å². The summed E-state index contributed by atoms with van der Waals surface area (Å²) in [4.78, 5) is 31.2. The Balaban J connectivity index is 0.00000361. The van der Waals surface area contributed by atoms with E-state index in [1.165, 1.54) is 18.5 Å². The zero-order valence-corrected chi connectivity index (χ0v) is 12.5. The van der Waals surface area contributed by atoms with Crippen LogP contribution in [0.3, 0.4) is 0 Å². The molecule has 0 saturated heterocycles. The van der Waals surface area contributed by atoms with Crippen molar-refractivity contribution in [2.75, 3.05) is 6.61 Å². The van der Waals surface area contributed by atoms with E-state index in [0.29, 0.717) is 11.3 Å². The number of hydrogen-bond donors (Lipinski definition) is 3. The van der Waals surface area contributed by atoms with Crippen LogP contribution in [0.15, 0.2) is 24.3 Å². The first-order valence-corrected chi connectivity index (χ1v) is 5.32. The minimum Gasteiger partial charge on any atom is -0.520 e. The van der Waals surface area contributed by atoms with Crippen LogP contribution in [-0.2, 0) is 20.8 Å². The molecule has 1 unspecified atom stereocenters. The average Bonchev–Trinajstić information content (AvgIpc) is 2.37. The number of carboxylic acids is 2. The molecule has 114 valence electrons. The predicted octanol–water partition coefficient (Wildman–Crippen LogP) is -0.198. The number of rotatable bonds is 8. The van der Waals surface area contributed by atoms with Crippen LogP contribution in [0.5, 0.6) is 5.75 Å². The number of amides is 1. The second kappa shape index (κ2) is 7.70. The molecule has 1 aromatic rings. The molecule has 1 rings (SSSR count). The van der Waals surface area contributed by atoms with Crippen molar-refractivity contribution in [2.45, 2.75) is 12.5 Å². The summed E-state index contributed by atoms with van der Waals surface area (Å²) in [6, 6.07) is 5.20. The minimum absolute atomic E-state index is 0. The summed E-state index contributed by atoms with van der Waals surface area (Å²) >= 11 is 0. The Morgan fingerprint density at radius 2 is 1.85 bits per heavy atom. The number of nitrogens with one attached hydrogen (secondary N) is 1. The van der Waals surface area contributed by atoms with Crippen molar-refractivity contribution in [2.24, 2.45) is 0 Å². The topological polar surface area (TPSA) is 113 Å². The zero-order valence-electron chi connectivity index (χ0n) is 10.1. The molecule has 1 amide bonds. The first kappa shape index (κ1) is 16.4. The van der Waals surface area contributed by atoms with Gasteiger partial charge in [0.2, 0.25) is 0 Å². The number of ether oxygens (including phenoxy) is 1. The van der Waals surface area contributed by atoms with Crippen LogP contribution in [0.4, 0.5) is 0 Å². The molecule has 0 fully saturated rings. The van der Waals surface area contributed by atoms with Crippen molar-refractivity contribution in [1.82, 2.24) is 5.32 Å². The van der Waals surface area contributed by atoms with E-state index in [1.807, 2.05) is 0 Å². The second-order valence-electron chi connectivity index (χ2n) is 3.67. The van der Waals surface area contributed by atoms with Gasteiger partial charge in [-0.15, -0.1) is 0 Å². The molecule has 0 heterocycles. The monoisotopic (exact) mass is 523 g/mol. The largest absolute Gasteiger partial charge is 0.520 e. The van der Waals surface area contributed by atoms with Gasteiger partial charge in [0.15, 0.2) is 6.61 Å². The van der Waals surface area contributed by atoms with Crippen molar-refractivity contribution in [3.8, 4) is 5.75 Å². The molecule has 0 aliphatic carbocycles. The molecule has 1 aromatic carbocycles. The predicted molar refractivity (Wildman–Crippen MR) is 63.5 cm³/mol. The van der Waals surface area contributed by atoms with Gasteiger partial charge in [0.1, 0.15) is 11.8 Å². The molecule has 0 bridgehead atoms. The SMILES string of the molecule is O=[C-]NC(Cc1ccc(OCC(=O)O)cc1)C(=O)O.[Fm]. The van der Waals surface area contributed by atoms with E-state index >= 15 is 0 Å². The van der Waals surface area contributed by atoms with Crippen LogP contribution >= 0.6 is 0 Å². The Hall–Kier alpha value is -3.57. The van der Waals surface area contributed by atoms with Gasteiger partial charge < -0.3 is 25.1 Å². The van der Waals surface area contributed by atoms with Crippen LogP contribution < -0.4 is 10.1 Å². The smallest absolute Gasteiger partial charge is 0.341 e. The summed E-state index contributed by atoms with van der Waals surface area (Å²) in [5.41, 5.74) is 0.665. The van der Waals surface area contributed by atoms with Gasteiger partial charge in [0, 0.05) is 6.42 Å².